The Hall–Kier alpha value is -2.37. The summed E-state index contributed by atoms with van der Waals surface area (Å²) >= 11 is 6.40. The van der Waals surface area contributed by atoms with Crippen molar-refractivity contribution in [3.63, 3.8) is 0 Å². The first kappa shape index (κ1) is 19.0. The molecule has 1 amide bonds. The molecule has 0 saturated carbocycles. The minimum absolute atomic E-state index is 0.0334. The van der Waals surface area contributed by atoms with Gasteiger partial charge in [-0.05, 0) is 49.7 Å². The monoisotopic (exact) mass is 399 g/mol. The average Bonchev–Trinajstić information content (AvgIpc) is 3.12. The number of amides is 1. The van der Waals surface area contributed by atoms with Gasteiger partial charge in [-0.2, -0.15) is 0 Å². The van der Waals surface area contributed by atoms with Gasteiger partial charge in [0.05, 0.1) is 10.6 Å². The topological polar surface area (TPSA) is 39.3 Å². The van der Waals surface area contributed by atoms with Crippen LogP contribution in [0.15, 0.2) is 48.7 Å². The Morgan fingerprint density at radius 2 is 1.89 bits per heavy atom. The van der Waals surface area contributed by atoms with E-state index in [1.807, 2.05) is 41.4 Å². The van der Waals surface area contributed by atoms with Crippen LogP contribution >= 0.6 is 11.6 Å². The predicted molar refractivity (Wildman–Crippen MR) is 110 cm³/mol. The van der Waals surface area contributed by atoms with E-state index in [0.29, 0.717) is 17.1 Å². The number of hydrogen-bond acceptors (Lipinski definition) is 2. The fourth-order valence-electron chi connectivity index (χ4n) is 3.92. The fraction of sp³-hybridized carbons (Fsp3) is 0.318. The van der Waals surface area contributed by atoms with E-state index in [1.165, 1.54) is 12.1 Å². The number of carbonyl (C=O) groups is 1. The molecule has 2 heterocycles. The number of fused-ring (bicyclic) bond motifs is 1. The van der Waals surface area contributed by atoms with Gasteiger partial charge in [-0.1, -0.05) is 23.7 Å². The van der Waals surface area contributed by atoms with E-state index in [-0.39, 0.29) is 23.8 Å². The van der Waals surface area contributed by atoms with Crippen LogP contribution in [0.25, 0.3) is 10.9 Å². The summed E-state index contributed by atoms with van der Waals surface area (Å²) in [5, 5.41) is 1.44. The summed E-state index contributed by atoms with van der Waals surface area (Å²) in [5.41, 5.74) is 2.54. The zero-order valence-corrected chi connectivity index (χ0v) is 16.7. The summed E-state index contributed by atoms with van der Waals surface area (Å²) in [6.07, 6.45) is 1.84. The molecule has 2 aromatic carbocycles. The molecule has 28 heavy (non-hydrogen) atoms. The number of aromatic amines is 1. The smallest absolute Gasteiger partial charge is 0.255 e. The summed E-state index contributed by atoms with van der Waals surface area (Å²) in [6, 6.07) is 12.5. The number of hydrogen-bond donors (Lipinski definition) is 1. The third kappa shape index (κ3) is 3.64. The van der Waals surface area contributed by atoms with Gasteiger partial charge in [0.1, 0.15) is 5.82 Å². The molecule has 1 aromatic heterocycles. The second-order valence-electron chi connectivity index (χ2n) is 7.61. The van der Waals surface area contributed by atoms with Crippen molar-refractivity contribution < 1.29 is 9.18 Å². The predicted octanol–water partition coefficient (Wildman–Crippen LogP) is 4.70. The van der Waals surface area contributed by atoms with Gasteiger partial charge >= 0.3 is 0 Å². The minimum atomic E-state index is -0.225. The highest BCUT2D eigenvalue weighted by molar-refractivity contribution is 6.34. The zero-order chi connectivity index (χ0) is 19.8. The van der Waals surface area contributed by atoms with E-state index < -0.39 is 0 Å². The Kier molecular flexibility index (Phi) is 5.13. The van der Waals surface area contributed by atoms with E-state index in [9.17, 15) is 9.18 Å². The van der Waals surface area contributed by atoms with Crippen LogP contribution in [-0.2, 0) is 6.54 Å². The normalized spacial score (nSPS) is 20.6. The van der Waals surface area contributed by atoms with Gasteiger partial charge in [0.2, 0.25) is 0 Å². The lowest BCUT2D eigenvalue weighted by molar-refractivity contribution is 0.0291. The molecule has 0 aliphatic carbocycles. The zero-order valence-electron chi connectivity index (χ0n) is 16.0. The number of benzene rings is 2. The first-order valence-electron chi connectivity index (χ1n) is 9.48. The molecule has 6 heteroatoms. The summed E-state index contributed by atoms with van der Waals surface area (Å²) in [4.78, 5) is 20.6. The van der Waals surface area contributed by atoms with Crippen molar-refractivity contribution in [1.29, 1.82) is 0 Å². The van der Waals surface area contributed by atoms with Crippen molar-refractivity contribution >= 4 is 28.4 Å². The molecule has 1 fully saturated rings. The maximum atomic E-state index is 13.2. The SMILES string of the molecule is CC1CN(Cc2ccc(F)cc2)[C@@H](C)CN1C(=O)c1cc2cc[nH]c2cc1Cl. The molecule has 4 nitrogen and oxygen atoms in total. The molecule has 3 aromatic rings. The molecular formula is C22H23ClFN3O. The molecule has 0 radical (unpaired) electrons. The maximum Gasteiger partial charge on any atom is 0.255 e. The molecule has 0 spiro atoms. The van der Waals surface area contributed by atoms with Crippen molar-refractivity contribution in [2.75, 3.05) is 13.1 Å². The van der Waals surface area contributed by atoms with Crippen LogP contribution in [0.2, 0.25) is 5.02 Å². The highest BCUT2D eigenvalue weighted by atomic mass is 35.5. The molecule has 1 aliphatic heterocycles. The van der Waals surface area contributed by atoms with Gasteiger partial charge in [-0.15, -0.1) is 0 Å². The van der Waals surface area contributed by atoms with Gasteiger partial charge in [0.15, 0.2) is 0 Å². The van der Waals surface area contributed by atoms with Crippen LogP contribution in [0.4, 0.5) is 4.39 Å². The van der Waals surface area contributed by atoms with Gasteiger partial charge < -0.3 is 9.88 Å². The molecular weight excluding hydrogens is 377 g/mol. The third-order valence-corrected chi connectivity index (χ3v) is 5.86. The Morgan fingerprint density at radius 3 is 2.64 bits per heavy atom. The lowest BCUT2D eigenvalue weighted by Crippen LogP contribution is -2.57. The van der Waals surface area contributed by atoms with E-state index in [4.69, 9.17) is 11.6 Å². The van der Waals surface area contributed by atoms with Crippen molar-refractivity contribution in [1.82, 2.24) is 14.8 Å². The second-order valence-corrected chi connectivity index (χ2v) is 8.02. The van der Waals surface area contributed by atoms with Gasteiger partial charge in [-0.25, -0.2) is 4.39 Å². The molecule has 4 rings (SSSR count). The highest BCUT2D eigenvalue weighted by Gasteiger charge is 2.33. The number of aromatic nitrogens is 1. The Morgan fingerprint density at radius 1 is 1.14 bits per heavy atom. The van der Waals surface area contributed by atoms with E-state index in [2.05, 4.69) is 23.7 Å². The van der Waals surface area contributed by atoms with Crippen LogP contribution in [0, 0.1) is 5.82 Å². The standard InChI is InChI=1S/C22H23ClFN3O/c1-14-12-27(15(2)11-26(14)13-16-3-5-18(24)6-4-16)22(28)19-9-17-7-8-25-21(17)10-20(19)23/h3-10,14-15,25H,11-13H2,1-2H3/t14-,15?/m0/s1. The number of H-pyrrole nitrogens is 1. The number of nitrogens with zero attached hydrogens (tertiary/aromatic N) is 2. The Bertz CT molecular complexity index is 1000. The van der Waals surface area contributed by atoms with Crippen LogP contribution in [0.5, 0.6) is 0 Å². The first-order chi connectivity index (χ1) is 13.4. The van der Waals surface area contributed by atoms with Crippen molar-refractivity contribution in [2.24, 2.45) is 0 Å². The summed E-state index contributed by atoms with van der Waals surface area (Å²) in [5.74, 6) is -0.259. The lowest BCUT2D eigenvalue weighted by atomic mass is 10.0. The molecule has 1 aliphatic rings. The number of halogens is 2. The minimum Gasteiger partial charge on any atom is -0.361 e. The van der Waals surface area contributed by atoms with E-state index in [1.54, 1.807) is 0 Å². The van der Waals surface area contributed by atoms with Crippen LogP contribution < -0.4 is 0 Å². The van der Waals surface area contributed by atoms with Crippen molar-refractivity contribution in [3.8, 4) is 0 Å². The van der Waals surface area contributed by atoms with Crippen molar-refractivity contribution in [3.05, 3.63) is 70.6 Å². The quantitative estimate of drug-likeness (QED) is 0.693. The maximum absolute atomic E-state index is 13.2. The van der Waals surface area contributed by atoms with Crippen LogP contribution in [0.3, 0.4) is 0 Å². The molecule has 1 unspecified atom stereocenters. The summed E-state index contributed by atoms with van der Waals surface area (Å²) in [6.45, 7) is 6.30. The lowest BCUT2D eigenvalue weighted by Gasteiger charge is -2.44. The molecule has 1 saturated heterocycles. The van der Waals surface area contributed by atoms with Gasteiger partial charge in [0, 0.05) is 48.8 Å². The van der Waals surface area contributed by atoms with Gasteiger partial charge in [0.25, 0.3) is 5.91 Å². The van der Waals surface area contributed by atoms with Crippen LogP contribution in [0.1, 0.15) is 29.8 Å². The number of rotatable bonds is 3. The first-order valence-corrected chi connectivity index (χ1v) is 9.86. The second kappa shape index (κ2) is 7.57. The van der Waals surface area contributed by atoms with E-state index >= 15 is 0 Å². The largest absolute Gasteiger partial charge is 0.361 e. The summed E-state index contributed by atoms with van der Waals surface area (Å²) < 4.78 is 13.1. The molecule has 146 valence electrons. The Labute approximate surface area is 168 Å². The molecule has 1 N–H and O–H groups in total. The summed E-state index contributed by atoms with van der Waals surface area (Å²) in [7, 11) is 0. The fourth-order valence-corrected chi connectivity index (χ4v) is 4.16. The highest BCUT2D eigenvalue weighted by Crippen LogP contribution is 2.27. The average molecular weight is 400 g/mol. The molecule has 0 bridgehead atoms. The van der Waals surface area contributed by atoms with E-state index in [0.717, 1.165) is 29.6 Å². The molecule has 2 atom stereocenters. The number of piperazine rings is 1. The number of nitrogens with one attached hydrogen (secondary N) is 1. The van der Waals surface area contributed by atoms with Gasteiger partial charge in [-0.3, -0.25) is 9.69 Å². The number of carbonyl (C=O) groups excluding carboxylic acids is 1. The van der Waals surface area contributed by atoms with Crippen molar-refractivity contribution in [2.45, 2.75) is 32.5 Å². The Balaban J connectivity index is 1.51. The van der Waals surface area contributed by atoms with Crippen LogP contribution in [-0.4, -0.2) is 45.9 Å². The third-order valence-electron chi connectivity index (χ3n) is 5.55.